The van der Waals surface area contributed by atoms with Crippen LogP contribution >= 0.6 is 0 Å². The fraction of sp³-hybridized carbons (Fsp3) is 0.429. The number of hydrogen-bond acceptors (Lipinski definition) is 1. The van der Waals surface area contributed by atoms with E-state index in [0.29, 0.717) is 5.92 Å². The van der Waals surface area contributed by atoms with Gasteiger partial charge in [-0.1, -0.05) is 26.0 Å². The molecule has 0 unspecified atom stereocenters. The van der Waals surface area contributed by atoms with Crippen molar-refractivity contribution in [3.8, 4) is 0 Å². The van der Waals surface area contributed by atoms with Crippen molar-refractivity contribution in [2.45, 2.75) is 38.1 Å². The normalized spacial score (nSPS) is 18.2. The molecule has 2 nitrogen and oxygen atoms in total. The molecule has 84 valence electrons. The van der Waals surface area contributed by atoms with Crippen LogP contribution in [-0.2, 0) is 5.54 Å². The first kappa shape index (κ1) is 9.91. The number of benzene rings is 1. The van der Waals surface area contributed by atoms with E-state index < -0.39 is 0 Å². The molecule has 1 heterocycles. The summed E-state index contributed by atoms with van der Waals surface area (Å²) in [4.78, 5) is 3.47. The number of H-pyrrole nitrogens is 1. The van der Waals surface area contributed by atoms with Gasteiger partial charge >= 0.3 is 0 Å². The zero-order chi connectivity index (χ0) is 11.3. The van der Waals surface area contributed by atoms with E-state index in [4.69, 9.17) is 5.73 Å². The van der Waals surface area contributed by atoms with Crippen molar-refractivity contribution in [2.24, 2.45) is 5.73 Å². The molecule has 0 radical (unpaired) electrons. The van der Waals surface area contributed by atoms with Crippen molar-refractivity contribution in [3.05, 3.63) is 35.5 Å². The first-order chi connectivity index (χ1) is 7.60. The van der Waals surface area contributed by atoms with Crippen LogP contribution in [0.3, 0.4) is 0 Å². The maximum absolute atomic E-state index is 6.23. The van der Waals surface area contributed by atoms with E-state index >= 15 is 0 Å². The lowest BCUT2D eigenvalue weighted by molar-refractivity contribution is 0.717. The Balaban J connectivity index is 2.20. The molecule has 16 heavy (non-hydrogen) atoms. The summed E-state index contributed by atoms with van der Waals surface area (Å²) in [5.74, 6) is 0.556. The van der Waals surface area contributed by atoms with Crippen LogP contribution in [-0.4, -0.2) is 4.98 Å². The second-order valence-electron chi connectivity index (χ2n) is 5.30. The Morgan fingerprint density at radius 3 is 2.69 bits per heavy atom. The van der Waals surface area contributed by atoms with Crippen LogP contribution in [0.4, 0.5) is 0 Å². The summed E-state index contributed by atoms with van der Waals surface area (Å²) in [6.45, 7) is 4.47. The van der Waals surface area contributed by atoms with Crippen molar-refractivity contribution in [1.29, 1.82) is 0 Å². The molecule has 0 spiro atoms. The third kappa shape index (κ3) is 1.37. The van der Waals surface area contributed by atoms with Gasteiger partial charge in [0.05, 0.1) is 5.54 Å². The van der Waals surface area contributed by atoms with E-state index in [0.717, 1.165) is 12.8 Å². The van der Waals surface area contributed by atoms with E-state index in [1.54, 1.807) is 0 Å². The smallest absolute Gasteiger partial charge is 0.0563 e. The molecule has 1 saturated carbocycles. The molecule has 2 heteroatoms. The summed E-state index contributed by atoms with van der Waals surface area (Å²) in [6, 6.07) is 8.71. The van der Waals surface area contributed by atoms with Gasteiger partial charge in [0.2, 0.25) is 0 Å². The van der Waals surface area contributed by atoms with Crippen LogP contribution in [0.25, 0.3) is 10.9 Å². The van der Waals surface area contributed by atoms with Crippen molar-refractivity contribution in [2.75, 3.05) is 0 Å². The Morgan fingerprint density at radius 1 is 1.31 bits per heavy atom. The average molecular weight is 214 g/mol. The lowest BCUT2D eigenvalue weighted by Crippen LogP contribution is -2.18. The Hall–Kier alpha value is -1.28. The van der Waals surface area contributed by atoms with Gasteiger partial charge in [0.15, 0.2) is 0 Å². The summed E-state index contributed by atoms with van der Waals surface area (Å²) in [7, 11) is 0. The number of fused-ring (bicyclic) bond motifs is 1. The van der Waals surface area contributed by atoms with E-state index in [1.165, 1.54) is 22.2 Å². The summed E-state index contributed by atoms with van der Waals surface area (Å²) < 4.78 is 0. The first-order valence-corrected chi connectivity index (χ1v) is 6.01. The van der Waals surface area contributed by atoms with Gasteiger partial charge in [0.1, 0.15) is 0 Å². The second-order valence-corrected chi connectivity index (χ2v) is 5.30. The quantitative estimate of drug-likeness (QED) is 0.791. The van der Waals surface area contributed by atoms with Crippen LogP contribution in [0.2, 0.25) is 0 Å². The highest BCUT2D eigenvalue weighted by molar-refractivity contribution is 5.84. The molecule has 2 aromatic rings. The van der Waals surface area contributed by atoms with Crippen LogP contribution < -0.4 is 5.73 Å². The molecular weight excluding hydrogens is 196 g/mol. The van der Waals surface area contributed by atoms with Crippen molar-refractivity contribution in [3.63, 3.8) is 0 Å². The number of nitrogens with two attached hydrogens (primary N) is 1. The number of rotatable bonds is 2. The highest BCUT2D eigenvalue weighted by atomic mass is 14.9. The molecule has 1 aromatic carbocycles. The monoisotopic (exact) mass is 214 g/mol. The highest BCUT2D eigenvalue weighted by Gasteiger charge is 2.41. The van der Waals surface area contributed by atoms with Gasteiger partial charge in [-0.3, -0.25) is 0 Å². The topological polar surface area (TPSA) is 41.8 Å². The van der Waals surface area contributed by atoms with Crippen molar-refractivity contribution < 1.29 is 0 Å². The molecule has 3 rings (SSSR count). The van der Waals surface area contributed by atoms with Crippen LogP contribution in [0.5, 0.6) is 0 Å². The van der Waals surface area contributed by atoms with Gasteiger partial charge < -0.3 is 10.7 Å². The third-order valence-electron chi connectivity index (χ3n) is 3.64. The Bertz CT molecular complexity index is 533. The summed E-state index contributed by atoms with van der Waals surface area (Å²) in [5.41, 5.74) is 10.00. The lowest BCUT2D eigenvalue weighted by atomic mass is 9.99. The molecule has 0 aliphatic heterocycles. The zero-order valence-corrected chi connectivity index (χ0v) is 9.88. The molecule has 0 saturated heterocycles. The molecule has 0 bridgehead atoms. The second kappa shape index (κ2) is 3.11. The van der Waals surface area contributed by atoms with Gasteiger partial charge in [-0.2, -0.15) is 0 Å². The Kier molecular flexibility index (Phi) is 1.93. The molecule has 0 atom stereocenters. The lowest BCUT2D eigenvalue weighted by Gasteiger charge is -2.06. The standard InChI is InChI=1S/C14H18N2/c1-9(2)10-4-3-5-12-11(10)8-13(16-12)14(15)6-7-14/h3-5,8-9,16H,6-7,15H2,1-2H3. The van der Waals surface area contributed by atoms with E-state index in [1.807, 2.05) is 0 Å². The molecule has 1 aromatic heterocycles. The Labute approximate surface area is 95.8 Å². The minimum Gasteiger partial charge on any atom is -0.357 e. The number of nitrogens with one attached hydrogen (secondary N) is 1. The minimum atomic E-state index is -0.0622. The average Bonchev–Trinajstić information content (AvgIpc) is 2.85. The fourth-order valence-corrected chi connectivity index (χ4v) is 2.35. The number of aromatic nitrogens is 1. The first-order valence-electron chi connectivity index (χ1n) is 6.01. The molecular formula is C14H18N2. The predicted molar refractivity (Wildman–Crippen MR) is 67.5 cm³/mol. The highest BCUT2D eigenvalue weighted by Crippen LogP contribution is 2.43. The van der Waals surface area contributed by atoms with Crippen LogP contribution in [0.1, 0.15) is 43.9 Å². The summed E-state index contributed by atoms with van der Waals surface area (Å²) in [6.07, 6.45) is 2.22. The molecule has 0 amide bonds. The van der Waals surface area contributed by atoms with Gasteiger partial charge in [-0.25, -0.2) is 0 Å². The number of hydrogen-bond donors (Lipinski definition) is 2. The molecule has 3 N–H and O–H groups in total. The van der Waals surface area contributed by atoms with Gasteiger partial charge in [0, 0.05) is 16.6 Å². The van der Waals surface area contributed by atoms with Crippen LogP contribution in [0.15, 0.2) is 24.3 Å². The SMILES string of the molecule is CC(C)c1cccc2[nH]c(C3(N)CC3)cc12. The van der Waals surface area contributed by atoms with E-state index in [9.17, 15) is 0 Å². The number of aromatic amines is 1. The van der Waals surface area contributed by atoms with Crippen molar-refractivity contribution in [1.82, 2.24) is 4.98 Å². The molecule has 1 aliphatic rings. The largest absolute Gasteiger partial charge is 0.357 e. The summed E-state index contributed by atoms with van der Waals surface area (Å²) in [5, 5.41) is 1.34. The van der Waals surface area contributed by atoms with Gasteiger partial charge in [0.25, 0.3) is 0 Å². The van der Waals surface area contributed by atoms with Crippen molar-refractivity contribution >= 4 is 10.9 Å². The van der Waals surface area contributed by atoms with Gasteiger partial charge in [-0.15, -0.1) is 0 Å². The molecule has 1 aliphatic carbocycles. The van der Waals surface area contributed by atoms with Gasteiger partial charge in [-0.05, 0) is 36.5 Å². The fourth-order valence-electron chi connectivity index (χ4n) is 2.35. The van der Waals surface area contributed by atoms with E-state index in [-0.39, 0.29) is 5.54 Å². The minimum absolute atomic E-state index is 0.0622. The third-order valence-corrected chi connectivity index (χ3v) is 3.64. The predicted octanol–water partition coefficient (Wildman–Crippen LogP) is 3.24. The van der Waals surface area contributed by atoms with Crippen LogP contribution in [0, 0.1) is 0 Å². The summed E-state index contributed by atoms with van der Waals surface area (Å²) >= 11 is 0. The maximum Gasteiger partial charge on any atom is 0.0563 e. The van der Waals surface area contributed by atoms with E-state index in [2.05, 4.69) is 43.1 Å². The maximum atomic E-state index is 6.23. The zero-order valence-electron chi connectivity index (χ0n) is 9.88. The molecule has 1 fully saturated rings. The Morgan fingerprint density at radius 2 is 2.06 bits per heavy atom.